The Bertz CT molecular complexity index is 941. The zero-order valence-corrected chi connectivity index (χ0v) is 15.5. The first-order chi connectivity index (χ1) is 12.7. The van der Waals surface area contributed by atoms with E-state index < -0.39 is 0 Å². The van der Waals surface area contributed by atoms with Crippen LogP contribution in [-0.2, 0) is 13.0 Å². The first-order valence-corrected chi connectivity index (χ1v) is 9.59. The lowest BCUT2D eigenvalue weighted by Crippen LogP contribution is -2.15. The van der Waals surface area contributed by atoms with Gasteiger partial charge in [0.1, 0.15) is 12.4 Å². The summed E-state index contributed by atoms with van der Waals surface area (Å²) in [6.45, 7) is 3.33. The molecular weight excluding hydrogens is 344 g/mol. The van der Waals surface area contributed by atoms with Crippen LogP contribution >= 0.6 is 11.3 Å². The first kappa shape index (κ1) is 16.8. The fourth-order valence-electron chi connectivity index (χ4n) is 3.22. The minimum absolute atomic E-state index is 0.146. The summed E-state index contributed by atoms with van der Waals surface area (Å²) in [5, 5.41) is 2.03. The fraction of sp³-hybridized carbons (Fsp3) is 0.238. The third-order valence-corrected chi connectivity index (χ3v) is 5.45. The molecule has 26 heavy (non-hydrogen) atoms. The van der Waals surface area contributed by atoms with Crippen molar-refractivity contribution in [2.75, 3.05) is 6.61 Å². The summed E-state index contributed by atoms with van der Waals surface area (Å²) in [5.41, 5.74) is 3.80. The number of fused-ring (bicyclic) bond motifs is 1. The minimum atomic E-state index is 0.146. The van der Waals surface area contributed by atoms with Gasteiger partial charge in [-0.1, -0.05) is 6.07 Å². The number of allylic oxidation sites excluding steroid dienone is 1. The maximum absolute atomic E-state index is 12.9. The predicted octanol–water partition coefficient (Wildman–Crippen LogP) is 4.54. The van der Waals surface area contributed by atoms with Gasteiger partial charge in [-0.15, -0.1) is 11.3 Å². The van der Waals surface area contributed by atoms with Gasteiger partial charge in [0.2, 0.25) is 0 Å². The van der Waals surface area contributed by atoms with Crippen LogP contribution < -0.4 is 4.74 Å². The van der Waals surface area contributed by atoms with Crippen LogP contribution in [0.25, 0.3) is 6.08 Å². The zero-order chi connectivity index (χ0) is 17.9. The molecule has 2 heterocycles. The number of carbonyl (C=O) groups excluding carboxylic acids is 1. The molecule has 2 aromatic heterocycles. The predicted molar refractivity (Wildman–Crippen MR) is 104 cm³/mol. The van der Waals surface area contributed by atoms with Crippen LogP contribution in [0.3, 0.4) is 0 Å². The van der Waals surface area contributed by atoms with E-state index in [4.69, 9.17) is 4.74 Å². The Morgan fingerprint density at radius 1 is 1.35 bits per heavy atom. The normalized spacial score (nSPS) is 15.3. The van der Waals surface area contributed by atoms with E-state index in [2.05, 4.69) is 4.98 Å². The fourth-order valence-corrected chi connectivity index (χ4v) is 3.90. The Balaban J connectivity index is 1.51. The number of aryl methyl sites for hydroxylation is 2. The molecule has 5 heteroatoms. The topological polar surface area (TPSA) is 44.1 Å². The van der Waals surface area contributed by atoms with E-state index in [-0.39, 0.29) is 5.78 Å². The number of imidazole rings is 1. The molecule has 0 saturated heterocycles. The lowest BCUT2D eigenvalue weighted by molar-refractivity contribution is 0.102. The lowest BCUT2D eigenvalue weighted by Gasteiger charge is -2.20. The molecule has 1 aliphatic rings. The van der Waals surface area contributed by atoms with Crippen molar-refractivity contribution in [3.63, 3.8) is 0 Å². The van der Waals surface area contributed by atoms with Gasteiger partial charge in [0.05, 0.1) is 12.9 Å². The van der Waals surface area contributed by atoms with Gasteiger partial charge in [-0.05, 0) is 60.5 Å². The summed E-state index contributed by atoms with van der Waals surface area (Å²) in [6, 6.07) is 8.07. The van der Waals surface area contributed by atoms with Crippen LogP contribution in [0.4, 0.5) is 0 Å². The third kappa shape index (κ3) is 3.48. The summed E-state index contributed by atoms with van der Waals surface area (Å²) >= 11 is 1.66. The third-order valence-electron chi connectivity index (χ3n) is 4.63. The van der Waals surface area contributed by atoms with E-state index in [1.807, 2.05) is 53.4 Å². The molecule has 0 aliphatic heterocycles. The van der Waals surface area contributed by atoms with Crippen LogP contribution in [-0.4, -0.2) is 21.9 Å². The molecule has 1 aliphatic carbocycles. The standard InChI is InChI=1S/C21H20N2O2S/c1-15-11-19-16(13-20(15)25-9-8-23-7-6-22-14-23)4-5-17(21(19)24)12-18-3-2-10-26-18/h2-3,6-7,10-14H,4-5,8-9H2,1H3/b17-12+. The smallest absolute Gasteiger partial charge is 0.189 e. The van der Waals surface area contributed by atoms with Crippen molar-refractivity contribution in [1.82, 2.24) is 9.55 Å². The van der Waals surface area contributed by atoms with Crippen molar-refractivity contribution in [3.8, 4) is 5.75 Å². The number of hydrogen-bond acceptors (Lipinski definition) is 4. The molecule has 132 valence electrons. The Labute approximate surface area is 156 Å². The summed E-state index contributed by atoms with van der Waals surface area (Å²) < 4.78 is 7.94. The van der Waals surface area contributed by atoms with Gasteiger partial charge in [-0.3, -0.25) is 4.79 Å². The van der Waals surface area contributed by atoms with Crippen LogP contribution in [0, 0.1) is 6.92 Å². The highest BCUT2D eigenvalue weighted by Crippen LogP contribution is 2.32. The Morgan fingerprint density at radius 2 is 2.27 bits per heavy atom. The number of benzene rings is 1. The van der Waals surface area contributed by atoms with Gasteiger partial charge in [0.15, 0.2) is 5.78 Å². The number of rotatable bonds is 5. The average molecular weight is 364 g/mol. The molecule has 0 spiro atoms. The van der Waals surface area contributed by atoms with E-state index in [0.29, 0.717) is 6.61 Å². The van der Waals surface area contributed by atoms with Crippen molar-refractivity contribution < 1.29 is 9.53 Å². The highest BCUT2D eigenvalue weighted by molar-refractivity contribution is 7.10. The monoisotopic (exact) mass is 364 g/mol. The van der Waals surface area contributed by atoms with Crippen molar-refractivity contribution >= 4 is 23.2 Å². The number of thiophene rings is 1. The van der Waals surface area contributed by atoms with Crippen molar-refractivity contribution in [2.45, 2.75) is 26.3 Å². The molecule has 0 atom stereocenters. The minimum Gasteiger partial charge on any atom is -0.491 e. The largest absolute Gasteiger partial charge is 0.491 e. The van der Waals surface area contributed by atoms with Crippen LogP contribution in [0.2, 0.25) is 0 Å². The molecular formula is C21H20N2O2S. The Hall–Kier alpha value is -2.66. The molecule has 0 saturated carbocycles. The van der Waals surface area contributed by atoms with Gasteiger partial charge in [0.25, 0.3) is 0 Å². The number of Topliss-reactive ketones (excluding diaryl/α,β-unsaturated/α-hetero) is 1. The lowest BCUT2D eigenvalue weighted by atomic mass is 9.85. The van der Waals surface area contributed by atoms with E-state index in [1.54, 1.807) is 23.9 Å². The quantitative estimate of drug-likeness (QED) is 0.624. The molecule has 0 fully saturated rings. The number of nitrogens with zero attached hydrogens (tertiary/aromatic N) is 2. The summed E-state index contributed by atoms with van der Waals surface area (Å²) in [6.07, 6.45) is 9.14. The van der Waals surface area contributed by atoms with Gasteiger partial charge >= 0.3 is 0 Å². The van der Waals surface area contributed by atoms with Gasteiger partial charge in [0, 0.05) is 28.4 Å². The van der Waals surface area contributed by atoms with Crippen LogP contribution in [0.1, 0.15) is 32.8 Å². The molecule has 4 rings (SSSR count). The van der Waals surface area contributed by atoms with Crippen LogP contribution in [0.5, 0.6) is 5.75 Å². The summed E-state index contributed by atoms with van der Waals surface area (Å²) in [4.78, 5) is 18.0. The number of carbonyl (C=O) groups is 1. The van der Waals surface area contributed by atoms with Crippen molar-refractivity contribution in [2.24, 2.45) is 0 Å². The summed E-state index contributed by atoms with van der Waals surface area (Å²) in [7, 11) is 0. The molecule has 1 aromatic carbocycles. The second-order valence-corrected chi connectivity index (χ2v) is 7.42. The molecule has 0 unspecified atom stereocenters. The molecule has 0 radical (unpaired) electrons. The van der Waals surface area contributed by atoms with Crippen molar-refractivity contribution in [3.05, 3.63) is 75.5 Å². The number of ether oxygens (including phenoxy) is 1. The Morgan fingerprint density at radius 3 is 3.04 bits per heavy atom. The number of aromatic nitrogens is 2. The maximum atomic E-state index is 12.9. The molecule has 0 N–H and O–H groups in total. The highest BCUT2D eigenvalue weighted by atomic mass is 32.1. The van der Waals surface area contributed by atoms with Gasteiger partial charge < -0.3 is 9.30 Å². The number of ketones is 1. The Kier molecular flexibility index (Phi) is 4.71. The highest BCUT2D eigenvalue weighted by Gasteiger charge is 2.23. The SMILES string of the molecule is Cc1cc2c(cc1OCCn1ccnc1)CC/C(=C\c1cccs1)C2=O. The van der Waals surface area contributed by atoms with E-state index in [1.165, 1.54) is 0 Å². The first-order valence-electron chi connectivity index (χ1n) is 8.71. The summed E-state index contributed by atoms with van der Waals surface area (Å²) in [5.74, 6) is 1.01. The molecule has 4 nitrogen and oxygen atoms in total. The van der Waals surface area contributed by atoms with E-state index >= 15 is 0 Å². The number of hydrogen-bond donors (Lipinski definition) is 0. The maximum Gasteiger partial charge on any atom is 0.189 e. The van der Waals surface area contributed by atoms with E-state index in [9.17, 15) is 4.79 Å². The second kappa shape index (κ2) is 7.30. The second-order valence-electron chi connectivity index (χ2n) is 6.44. The average Bonchev–Trinajstić information content (AvgIpc) is 3.32. The molecule has 0 bridgehead atoms. The van der Waals surface area contributed by atoms with Crippen molar-refractivity contribution in [1.29, 1.82) is 0 Å². The van der Waals surface area contributed by atoms with Crippen LogP contribution in [0.15, 0.2) is 53.9 Å². The van der Waals surface area contributed by atoms with Gasteiger partial charge in [-0.25, -0.2) is 4.98 Å². The zero-order valence-electron chi connectivity index (χ0n) is 14.6. The van der Waals surface area contributed by atoms with Gasteiger partial charge in [-0.2, -0.15) is 0 Å². The molecule has 0 amide bonds. The molecule has 3 aromatic rings. The van der Waals surface area contributed by atoms with E-state index in [0.717, 1.165) is 52.3 Å².